The van der Waals surface area contributed by atoms with E-state index in [1.165, 1.54) is 5.39 Å². The average molecular weight is 478 g/mol. The predicted molar refractivity (Wildman–Crippen MR) is 123 cm³/mol. The summed E-state index contributed by atoms with van der Waals surface area (Å²) in [5, 5.41) is 18.0. The molecule has 0 radical (unpaired) electrons. The topological polar surface area (TPSA) is 72.4 Å². The maximum absolute atomic E-state index is 10.2. The summed E-state index contributed by atoms with van der Waals surface area (Å²) in [7, 11) is 0. The Morgan fingerprint density at radius 2 is 1.81 bits per heavy atom. The minimum absolute atomic E-state index is 0. The van der Waals surface area contributed by atoms with Crippen molar-refractivity contribution in [1.29, 1.82) is 0 Å². The highest BCUT2D eigenvalue weighted by molar-refractivity contribution is 14.0. The molecule has 0 saturated carbocycles. The smallest absolute Gasteiger partial charge is 0.191 e. The molecule has 144 valence electrons. The second kappa shape index (κ2) is 10.9. The predicted octanol–water partition coefficient (Wildman–Crippen LogP) is 3.96. The molecule has 0 aliphatic rings. The van der Waals surface area contributed by atoms with Crippen LogP contribution in [-0.2, 0) is 6.54 Å². The molecule has 0 bridgehead atoms. The van der Waals surface area contributed by atoms with E-state index in [1.807, 2.05) is 49.4 Å². The van der Waals surface area contributed by atoms with Gasteiger partial charge in [-0.1, -0.05) is 48.5 Å². The van der Waals surface area contributed by atoms with Crippen molar-refractivity contribution in [2.75, 3.05) is 13.1 Å². The molecule has 1 atom stereocenters. The highest BCUT2D eigenvalue weighted by Crippen LogP contribution is 2.16. The van der Waals surface area contributed by atoms with Gasteiger partial charge in [-0.3, -0.25) is 0 Å². The first-order valence-electron chi connectivity index (χ1n) is 9.08. The number of aromatic amines is 1. The van der Waals surface area contributed by atoms with E-state index in [9.17, 15) is 5.11 Å². The van der Waals surface area contributed by atoms with Crippen molar-refractivity contribution in [1.82, 2.24) is 15.6 Å². The van der Waals surface area contributed by atoms with Crippen LogP contribution < -0.4 is 10.6 Å². The highest BCUT2D eigenvalue weighted by atomic mass is 127. The molecule has 0 amide bonds. The Kier molecular flexibility index (Phi) is 8.60. The second-order valence-electron chi connectivity index (χ2n) is 6.22. The highest BCUT2D eigenvalue weighted by Gasteiger charge is 2.07. The Hall–Kier alpha value is -2.06. The van der Waals surface area contributed by atoms with E-state index in [4.69, 9.17) is 0 Å². The Labute approximate surface area is 177 Å². The third kappa shape index (κ3) is 6.25. The van der Waals surface area contributed by atoms with Gasteiger partial charge in [0.1, 0.15) is 0 Å². The Bertz CT molecular complexity index is 815. The first-order chi connectivity index (χ1) is 12.8. The number of nitrogens with zero attached hydrogens (tertiary/aromatic N) is 1. The number of fused-ring (bicyclic) bond motifs is 1. The molecule has 1 heterocycles. The van der Waals surface area contributed by atoms with Crippen LogP contribution in [0.4, 0.5) is 0 Å². The van der Waals surface area contributed by atoms with Gasteiger partial charge in [-0.25, -0.2) is 4.99 Å². The van der Waals surface area contributed by atoms with E-state index in [1.54, 1.807) is 0 Å². The molecule has 0 spiro atoms. The standard InChI is InChI=1S/C21H26N4O.HI/c1-2-22-21(23-13-12-20(26)16-8-4-3-5-9-16)24-15-18-14-17-10-6-7-11-19(17)25-18;/h3-11,14,20,25-26H,2,12-13,15H2,1H3,(H2,22,23,24);1H. The molecule has 0 fully saturated rings. The lowest BCUT2D eigenvalue weighted by molar-refractivity contribution is 0.168. The van der Waals surface area contributed by atoms with Crippen LogP contribution in [0.2, 0.25) is 0 Å². The van der Waals surface area contributed by atoms with E-state index in [0.29, 0.717) is 19.5 Å². The average Bonchev–Trinajstić information content (AvgIpc) is 3.09. The SMILES string of the molecule is CCNC(=NCc1cc2ccccc2[nH]1)NCCC(O)c1ccccc1.I. The number of hydrogen-bond acceptors (Lipinski definition) is 2. The van der Waals surface area contributed by atoms with Crippen molar-refractivity contribution >= 4 is 40.8 Å². The van der Waals surface area contributed by atoms with Gasteiger partial charge in [-0.05, 0) is 36.4 Å². The minimum Gasteiger partial charge on any atom is -0.388 e. The quantitative estimate of drug-likeness (QED) is 0.236. The van der Waals surface area contributed by atoms with Crippen LogP contribution in [0.25, 0.3) is 10.9 Å². The number of rotatable bonds is 7. The number of aliphatic hydroxyl groups excluding tert-OH is 1. The number of benzene rings is 2. The van der Waals surface area contributed by atoms with E-state index in [0.717, 1.165) is 29.3 Å². The number of hydrogen-bond donors (Lipinski definition) is 4. The number of aromatic nitrogens is 1. The number of guanidine groups is 1. The molecule has 6 heteroatoms. The summed E-state index contributed by atoms with van der Waals surface area (Å²) in [5.41, 5.74) is 3.14. The third-order valence-electron chi connectivity index (χ3n) is 4.23. The Balaban J connectivity index is 0.00000261. The number of halogens is 1. The number of H-pyrrole nitrogens is 1. The molecular formula is C21H27IN4O. The van der Waals surface area contributed by atoms with E-state index in [-0.39, 0.29) is 24.0 Å². The van der Waals surface area contributed by atoms with Gasteiger partial charge in [0.25, 0.3) is 0 Å². The summed E-state index contributed by atoms with van der Waals surface area (Å²) in [4.78, 5) is 8.02. The van der Waals surface area contributed by atoms with Crippen molar-refractivity contribution in [2.45, 2.75) is 26.0 Å². The first-order valence-corrected chi connectivity index (χ1v) is 9.08. The minimum atomic E-state index is -0.472. The van der Waals surface area contributed by atoms with Gasteiger partial charge >= 0.3 is 0 Å². The second-order valence-corrected chi connectivity index (χ2v) is 6.22. The van der Waals surface area contributed by atoms with Crippen LogP contribution in [0.3, 0.4) is 0 Å². The molecule has 0 aliphatic heterocycles. The third-order valence-corrected chi connectivity index (χ3v) is 4.23. The van der Waals surface area contributed by atoms with Crippen LogP contribution >= 0.6 is 24.0 Å². The van der Waals surface area contributed by atoms with Crippen molar-refractivity contribution in [3.8, 4) is 0 Å². The largest absolute Gasteiger partial charge is 0.388 e. The summed E-state index contributed by atoms with van der Waals surface area (Å²) in [5.74, 6) is 0.756. The molecule has 3 aromatic rings. The van der Waals surface area contributed by atoms with Gasteiger partial charge in [-0.2, -0.15) is 0 Å². The van der Waals surface area contributed by atoms with E-state index < -0.39 is 6.10 Å². The zero-order valence-electron chi connectivity index (χ0n) is 15.5. The first kappa shape index (κ1) is 21.2. The zero-order chi connectivity index (χ0) is 18.2. The van der Waals surface area contributed by atoms with Gasteiger partial charge in [0.15, 0.2) is 5.96 Å². The summed E-state index contributed by atoms with van der Waals surface area (Å²) < 4.78 is 0. The van der Waals surface area contributed by atoms with Gasteiger partial charge in [0.05, 0.1) is 12.6 Å². The van der Waals surface area contributed by atoms with Gasteiger partial charge < -0.3 is 20.7 Å². The fourth-order valence-corrected chi connectivity index (χ4v) is 2.89. The molecule has 4 N–H and O–H groups in total. The lowest BCUT2D eigenvalue weighted by Crippen LogP contribution is -2.38. The van der Waals surface area contributed by atoms with Crippen LogP contribution in [0.15, 0.2) is 65.7 Å². The molecule has 3 rings (SSSR count). The van der Waals surface area contributed by atoms with Gasteiger partial charge in [0, 0.05) is 24.3 Å². The van der Waals surface area contributed by atoms with Crippen molar-refractivity contribution in [3.05, 3.63) is 71.9 Å². The fourth-order valence-electron chi connectivity index (χ4n) is 2.89. The molecular weight excluding hydrogens is 451 g/mol. The number of aliphatic hydroxyl groups is 1. The Morgan fingerprint density at radius 3 is 2.56 bits per heavy atom. The van der Waals surface area contributed by atoms with Crippen LogP contribution in [0.1, 0.15) is 30.7 Å². The van der Waals surface area contributed by atoms with Gasteiger partial charge in [0.2, 0.25) is 0 Å². The molecule has 5 nitrogen and oxygen atoms in total. The molecule has 1 unspecified atom stereocenters. The zero-order valence-corrected chi connectivity index (χ0v) is 17.8. The molecule has 27 heavy (non-hydrogen) atoms. The molecule has 0 aliphatic carbocycles. The van der Waals surface area contributed by atoms with Crippen molar-refractivity contribution in [3.63, 3.8) is 0 Å². The summed E-state index contributed by atoms with van der Waals surface area (Å²) in [6.45, 7) is 4.05. The number of aliphatic imine (C=N–C) groups is 1. The lowest BCUT2D eigenvalue weighted by atomic mass is 10.1. The van der Waals surface area contributed by atoms with Crippen molar-refractivity contribution in [2.24, 2.45) is 4.99 Å². The molecule has 0 saturated heterocycles. The fraction of sp³-hybridized carbons (Fsp3) is 0.286. The lowest BCUT2D eigenvalue weighted by Gasteiger charge is -2.14. The summed E-state index contributed by atoms with van der Waals surface area (Å²) >= 11 is 0. The monoisotopic (exact) mass is 478 g/mol. The van der Waals surface area contributed by atoms with Crippen LogP contribution in [0, 0.1) is 0 Å². The number of para-hydroxylation sites is 1. The van der Waals surface area contributed by atoms with E-state index in [2.05, 4.69) is 38.8 Å². The maximum atomic E-state index is 10.2. The Morgan fingerprint density at radius 1 is 1.07 bits per heavy atom. The normalized spacial score (nSPS) is 12.4. The maximum Gasteiger partial charge on any atom is 0.191 e. The summed E-state index contributed by atoms with van der Waals surface area (Å²) in [6, 6.07) is 20.1. The summed E-state index contributed by atoms with van der Waals surface area (Å²) in [6.07, 6.45) is 0.154. The number of nitrogens with one attached hydrogen (secondary N) is 3. The molecule has 1 aromatic heterocycles. The van der Waals surface area contributed by atoms with Crippen molar-refractivity contribution < 1.29 is 5.11 Å². The molecule has 2 aromatic carbocycles. The van der Waals surface area contributed by atoms with E-state index >= 15 is 0 Å². The van der Waals surface area contributed by atoms with Gasteiger partial charge in [-0.15, -0.1) is 24.0 Å². The van der Waals surface area contributed by atoms with Crippen LogP contribution in [0.5, 0.6) is 0 Å². The van der Waals surface area contributed by atoms with Crippen LogP contribution in [-0.4, -0.2) is 29.1 Å².